The number of thiophene rings is 1. The van der Waals surface area contributed by atoms with Crippen LogP contribution in [0.15, 0.2) is 46.9 Å². The van der Waals surface area contributed by atoms with Crippen molar-refractivity contribution in [2.75, 3.05) is 18.2 Å². The lowest BCUT2D eigenvalue weighted by atomic mass is 10.2. The number of ether oxygens (including phenoxy) is 2. The van der Waals surface area contributed by atoms with Crippen LogP contribution in [0.3, 0.4) is 0 Å². The van der Waals surface area contributed by atoms with E-state index >= 15 is 0 Å². The van der Waals surface area contributed by atoms with Crippen LogP contribution >= 0.6 is 22.7 Å². The molecule has 0 amide bonds. The number of aliphatic hydroxyl groups is 1. The van der Waals surface area contributed by atoms with Crippen molar-refractivity contribution in [3.8, 4) is 22.1 Å². The highest BCUT2D eigenvalue weighted by molar-refractivity contribution is 7.14. The summed E-state index contributed by atoms with van der Waals surface area (Å²) in [5, 5.41) is 23.7. The van der Waals surface area contributed by atoms with E-state index in [1.807, 2.05) is 41.1 Å². The molecule has 130 valence electrons. The quantitative estimate of drug-likeness (QED) is 0.702. The van der Waals surface area contributed by atoms with Gasteiger partial charge in [-0.05, 0) is 23.6 Å². The lowest BCUT2D eigenvalue weighted by molar-refractivity contribution is 0.174. The number of hydrogen-bond donors (Lipinski definition) is 2. The molecule has 4 heterocycles. The van der Waals surface area contributed by atoms with Gasteiger partial charge in [-0.3, -0.25) is 5.41 Å². The van der Waals surface area contributed by atoms with Crippen molar-refractivity contribution >= 4 is 39.8 Å². The molecule has 6 nitrogen and oxygen atoms in total. The number of fused-ring (bicyclic) bond motifs is 1. The number of benzene rings is 1. The summed E-state index contributed by atoms with van der Waals surface area (Å²) >= 11 is 3.05. The minimum atomic E-state index is 0.153. The zero-order valence-electron chi connectivity index (χ0n) is 13.4. The second-order valence-electron chi connectivity index (χ2n) is 5.81. The van der Waals surface area contributed by atoms with Gasteiger partial charge in [0, 0.05) is 17.1 Å². The lowest BCUT2D eigenvalue weighted by Gasteiger charge is -2.18. The van der Waals surface area contributed by atoms with Gasteiger partial charge in [0.2, 0.25) is 6.79 Å². The van der Waals surface area contributed by atoms with E-state index in [0.717, 1.165) is 16.3 Å². The predicted octanol–water partition coefficient (Wildman–Crippen LogP) is 4.37. The molecular weight excluding hydrogens is 370 g/mol. The number of rotatable bonds is 3. The number of aliphatic hydroxyl groups excluding tert-OH is 1. The molecule has 2 aromatic heterocycles. The second kappa shape index (κ2) is 5.86. The molecule has 5 rings (SSSR count). The van der Waals surface area contributed by atoms with E-state index in [2.05, 4.69) is 4.98 Å². The summed E-state index contributed by atoms with van der Waals surface area (Å²) in [6.45, 7) is 0.442. The van der Waals surface area contributed by atoms with Crippen molar-refractivity contribution in [3.63, 3.8) is 0 Å². The normalized spacial score (nSPS) is 16.0. The SMILES string of the molecule is N=C1C(c2nc(-c3cccs3)cs2)=C(O)CN1c1ccc2c(c1)OCO2. The van der Waals surface area contributed by atoms with Gasteiger partial charge in [-0.1, -0.05) is 6.07 Å². The summed E-state index contributed by atoms with van der Waals surface area (Å²) in [4.78, 5) is 7.43. The topological polar surface area (TPSA) is 78.7 Å². The molecule has 3 aromatic rings. The standard InChI is InChI=1S/C18H13N3O3S2/c19-17-16(18-20-11(8-26-18)15-2-1-5-25-15)12(22)7-21(17)10-3-4-13-14(6-10)24-9-23-13/h1-6,8,19,22H,7,9H2. The lowest BCUT2D eigenvalue weighted by Crippen LogP contribution is -2.25. The highest BCUT2D eigenvalue weighted by atomic mass is 32.1. The number of hydrogen-bond acceptors (Lipinski definition) is 7. The maximum Gasteiger partial charge on any atom is 0.231 e. The Kier molecular flexibility index (Phi) is 3.47. The number of anilines is 1. The van der Waals surface area contributed by atoms with Crippen molar-refractivity contribution in [3.05, 3.63) is 51.9 Å². The molecule has 0 saturated heterocycles. The Morgan fingerprint density at radius 1 is 1.15 bits per heavy atom. The van der Waals surface area contributed by atoms with Gasteiger partial charge in [-0.15, -0.1) is 22.7 Å². The van der Waals surface area contributed by atoms with Crippen molar-refractivity contribution in [2.45, 2.75) is 0 Å². The Labute approximate surface area is 157 Å². The average molecular weight is 383 g/mol. The van der Waals surface area contributed by atoms with Crippen molar-refractivity contribution in [2.24, 2.45) is 0 Å². The molecule has 0 fully saturated rings. The first-order valence-electron chi connectivity index (χ1n) is 7.89. The number of nitrogens with one attached hydrogen (secondary N) is 1. The molecule has 0 aliphatic carbocycles. The monoisotopic (exact) mass is 383 g/mol. The Morgan fingerprint density at radius 2 is 2.04 bits per heavy atom. The zero-order valence-corrected chi connectivity index (χ0v) is 15.1. The molecule has 0 bridgehead atoms. The number of thiazole rings is 1. The molecule has 2 N–H and O–H groups in total. The molecule has 1 aromatic carbocycles. The van der Waals surface area contributed by atoms with Gasteiger partial charge < -0.3 is 19.5 Å². The van der Waals surface area contributed by atoms with Crippen molar-refractivity contribution in [1.82, 2.24) is 4.98 Å². The smallest absolute Gasteiger partial charge is 0.231 e. The van der Waals surface area contributed by atoms with Crippen LogP contribution in [0.5, 0.6) is 11.5 Å². The molecule has 2 aliphatic rings. The van der Waals surface area contributed by atoms with Gasteiger partial charge in [0.15, 0.2) is 11.5 Å². The van der Waals surface area contributed by atoms with Gasteiger partial charge in [0.1, 0.15) is 16.6 Å². The van der Waals surface area contributed by atoms with Crippen molar-refractivity contribution < 1.29 is 14.6 Å². The first-order chi connectivity index (χ1) is 12.7. The van der Waals surface area contributed by atoms with Crippen LogP contribution in [0.4, 0.5) is 5.69 Å². The molecule has 0 spiro atoms. The van der Waals surface area contributed by atoms with Crippen LogP contribution in [0.25, 0.3) is 16.1 Å². The molecule has 26 heavy (non-hydrogen) atoms. The molecule has 0 radical (unpaired) electrons. The van der Waals surface area contributed by atoms with E-state index in [1.54, 1.807) is 16.2 Å². The molecule has 8 heteroatoms. The fourth-order valence-corrected chi connectivity index (χ4v) is 4.65. The van der Waals surface area contributed by atoms with E-state index in [9.17, 15) is 5.11 Å². The number of amidine groups is 1. The van der Waals surface area contributed by atoms with Crippen LogP contribution in [0, 0.1) is 5.41 Å². The van der Waals surface area contributed by atoms with Gasteiger partial charge in [0.25, 0.3) is 0 Å². The summed E-state index contributed by atoms with van der Waals surface area (Å²) in [6.07, 6.45) is 0. The Hall–Kier alpha value is -2.84. The molecule has 0 saturated carbocycles. The van der Waals surface area contributed by atoms with Gasteiger partial charge in [-0.2, -0.15) is 0 Å². The second-order valence-corrected chi connectivity index (χ2v) is 7.62. The molecule has 2 aliphatic heterocycles. The fraction of sp³-hybridized carbons (Fsp3) is 0.111. The van der Waals surface area contributed by atoms with Crippen molar-refractivity contribution in [1.29, 1.82) is 5.41 Å². The third kappa shape index (κ3) is 2.38. The maximum absolute atomic E-state index is 10.5. The number of aromatic nitrogens is 1. The summed E-state index contributed by atoms with van der Waals surface area (Å²) < 4.78 is 10.7. The third-order valence-electron chi connectivity index (χ3n) is 4.26. The average Bonchev–Trinajstić information content (AvgIpc) is 3.41. The van der Waals surface area contributed by atoms with E-state index in [0.29, 0.717) is 22.1 Å². The Morgan fingerprint density at radius 3 is 2.88 bits per heavy atom. The summed E-state index contributed by atoms with van der Waals surface area (Å²) in [6, 6.07) is 9.49. The summed E-state index contributed by atoms with van der Waals surface area (Å²) in [5.41, 5.74) is 2.13. The fourth-order valence-electron chi connectivity index (χ4n) is 3.00. The first kappa shape index (κ1) is 15.4. The molecular formula is C18H13N3O3S2. The summed E-state index contributed by atoms with van der Waals surface area (Å²) in [5.74, 6) is 1.73. The minimum absolute atomic E-state index is 0.153. The molecule has 0 atom stereocenters. The highest BCUT2D eigenvalue weighted by Gasteiger charge is 2.32. The number of nitrogens with zero attached hydrogens (tertiary/aromatic N) is 2. The van der Waals surface area contributed by atoms with Gasteiger partial charge >= 0.3 is 0 Å². The van der Waals surface area contributed by atoms with E-state index in [1.165, 1.54) is 11.3 Å². The summed E-state index contributed by atoms with van der Waals surface area (Å²) in [7, 11) is 0. The van der Waals surface area contributed by atoms with Crippen LogP contribution < -0.4 is 14.4 Å². The predicted molar refractivity (Wildman–Crippen MR) is 103 cm³/mol. The largest absolute Gasteiger partial charge is 0.510 e. The van der Waals surface area contributed by atoms with Crippen LogP contribution in [-0.4, -0.2) is 29.3 Å². The van der Waals surface area contributed by atoms with E-state index in [4.69, 9.17) is 14.9 Å². The minimum Gasteiger partial charge on any atom is -0.510 e. The molecule has 0 unspecified atom stereocenters. The maximum atomic E-state index is 10.5. The van der Waals surface area contributed by atoms with Gasteiger partial charge in [0.05, 0.1) is 22.7 Å². The highest BCUT2D eigenvalue weighted by Crippen LogP contribution is 2.39. The first-order valence-corrected chi connectivity index (χ1v) is 9.64. The zero-order chi connectivity index (χ0) is 17.7. The van der Waals surface area contributed by atoms with E-state index < -0.39 is 0 Å². The Bertz CT molecular complexity index is 1040. The van der Waals surface area contributed by atoms with Crippen LogP contribution in [0.1, 0.15) is 5.01 Å². The Balaban J connectivity index is 1.46. The third-order valence-corrected chi connectivity index (χ3v) is 6.01. The van der Waals surface area contributed by atoms with Crippen LogP contribution in [0.2, 0.25) is 0 Å². The van der Waals surface area contributed by atoms with Gasteiger partial charge in [-0.25, -0.2) is 4.98 Å². The van der Waals surface area contributed by atoms with Crippen LogP contribution in [-0.2, 0) is 0 Å². The van der Waals surface area contributed by atoms with E-state index in [-0.39, 0.29) is 24.9 Å².